The van der Waals surface area contributed by atoms with Gasteiger partial charge in [0.05, 0.1) is 11.2 Å². The van der Waals surface area contributed by atoms with E-state index in [4.69, 9.17) is 24.3 Å². The topological polar surface area (TPSA) is 57.1 Å². The summed E-state index contributed by atoms with van der Waals surface area (Å²) in [4.78, 5) is 14.8. The summed E-state index contributed by atoms with van der Waals surface area (Å²) in [5.41, 5.74) is 5.13. The van der Waals surface area contributed by atoms with E-state index >= 15 is 0 Å². The van der Waals surface area contributed by atoms with Crippen molar-refractivity contribution in [2.24, 2.45) is 0 Å². The minimum Gasteiger partial charge on any atom is -0.399 e. The first-order chi connectivity index (χ1) is 20.8. The van der Waals surface area contributed by atoms with Crippen molar-refractivity contribution in [2.45, 2.75) is 38.9 Å². The highest BCUT2D eigenvalue weighted by atomic mass is 16.7. The Kier molecular flexibility index (Phi) is 6.68. The van der Waals surface area contributed by atoms with Crippen LogP contribution in [-0.2, 0) is 9.31 Å². The van der Waals surface area contributed by atoms with Crippen LogP contribution in [-0.4, -0.2) is 33.3 Å². The predicted molar refractivity (Wildman–Crippen MR) is 175 cm³/mol. The largest absolute Gasteiger partial charge is 0.494 e. The first-order valence-electron chi connectivity index (χ1n) is 14.6. The van der Waals surface area contributed by atoms with Gasteiger partial charge in [-0.2, -0.15) is 0 Å². The van der Waals surface area contributed by atoms with Gasteiger partial charge in [0.1, 0.15) is 0 Å². The zero-order valence-corrected chi connectivity index (χ0v) is 24.8. The van der Waals surface area contributed by atoms with Gasteiger partial charge < -0.3 is 9.31 Å². The van der Waals surface area contributed by atoms with Crippen LogP contribution in [0.2, 0.25) is 0 Å². The zero-order valence-electron chi connectivity index (χ0n) is 24.8. The quantitative estimate of drug-likeness (QED) is 0.200. The third kappa shape index (κ3) is 5.24. The van der Waals surface area contributed by atoms with E-state index in [2.05, 4.69) is 100 Å². The molecule has 1 aliphatic rings. The average molecular weight is 561 g/mol. The van der Waals surface area contributed by atoms with Crippen molar-refractivity contribution >= 4 is 23.4 Å². The fraction of sp³-hybridized carbons (Fsp3) is 0.162. The summed E-state index contributed by atoms with van der Waals surface area (Å²) < 4.78 is 12.6. The molecule has 0 radical (unpaired) electrons. The Morgan fingerprint density at radius 3 is 1.63 bits per heavy atom. The molecule has 210 valence electrons. The molecule has 6 aromatic rings. The van der Waals surface area contributed by atoms with E-state index in [1.165, 1.54) is 16.3 Å². The predicted octanol–water partition coefficient (Wildman–Crippen LogP) is 7.99. The van der Waals surface area contributed by atoms with E-state index in [0.29, 0.717) is 17.5 Å². The molecule has 1 aliphatic heterocycles. The third-order valence-corrected chi connectivity index (χ3v) is 8.56. The maximum atomic E-state index is 6.32. The Hall–Kier alpha value is -4.65. The highest BCUT2D eigenvalue weighted by molar-refractivity contribution is 6.62. The maximum absolute atomic E-state index is 6.32. The van der Waals surface area contributed by atoms with E-state index in [9.17, 15) is 0 Å². The van der Waals surface area contributed by atoms with E-state index in [-0.39, 0.29) is 0 Å². The van der Waals surface area contributed by atoms with Crippen molar-refractivity contribution < 1.29 is 9.31 Å². The molecule has 7 rings (SSSR count). The van der Waals surface area contributed by atoms with E-state index < -0.39 is 18.3 Å². The van der Waals surface area contributed by atoms with E-state index in [1.807, 2.05) is 48.5 Å². The first-order valence-corrected chi connectivity index (χ1v) is 14.6. The molecular weight excluding hydrogens is 529 g/mol. The Morgan fingerprint density at radius 2 is 0.953 bits per heavy atom. The SMILES string of the molecule is CC1(C)OB(c2cccc(-c3nc(-c4ccccc4)nc(-c4ccc(-c5ccc6ccccc6c5)cc4)n3)c2)OC1(C)C. The molecule has 0 N–H and O–H groups in total. The second kappa shape index (κ2) is 10.6. The third-order valence-electron chi connectivity index (χ3n) is 8.56. The van der Waals surface area contributed by atoms with Crippen LogP contribution in [0.5, 0.6) is 0 Å². The minimum atomic E-state index is -0.470. The van der Waals surface area contributed by atoms with Gasteiger partial charge in [-0.15, -0.1) is 0 Å². The van der Waals surface area contributed by atoms with Crippen LogP contribution in [0.15, 0.2) is 121 Å². The van der Waals surface area contributed by atoms with Crippen LogP contribution in [0.25, 0.3) is 56.1 Å². The summed E-state index contributed by atoms with van der Waals surface area (Å²) in [5, 5.41) is 2.46. The number of rotatable bonds is 5. The summed E-state index contributed by atoms with van der Waals surface area (Å²) in [7, 11) is -0.470. The number of nitrogens with zero attached hydrogens (tertiary/aromatic N) is 3. The Bertz CT molecular complexity index is 1920. The molecule has 6 heteroatoms. The molecule has 5 aromatic carbocycles. The van der Waals surface area contributed by atoms with Gasteiger partial charge in [-0.05, 0) is 61.1 Å². The molecule has 0 unspecified atom stereocenters. The zero-order chi connectivity index (χ0) is 29.6. The van der Waals surface area contributed by atoms with Crippen molar-refractivity contribution in [3.05, 3.63) is 121 Å². The van der Waals surface area contributed by atoms with Crippen molar-refractivity contribution in [1.82, 2.24) is 15.0 Å². The van der Waals surface area contributed by atoms with Crippen LogP contribution in [0.1, 0.15) is 27.7 Å². The van der Waals surface area contributed by atoms with Crippen molar-refractivity contribution in [2.75, 3.05) is 0 Å². The van der Waals surface area contributed by atoms with Gasteiger partial charge in [-0.1, -0.05) is 115 Å². The highest BCUT2D eigenvalue weighted by Crippen LogP contribution is 2.37. The average Bonchev–Trinajstić information content (AvgIpc) is 3.27. The highest BCUT2D eigenvalue weighted by Gasteiger charge is 2.51. The summed E-state index contributed by atoms with van der Waals surface area (Å²) >= 11 is 0. The number of hydrogen-bond donors (Lipinski definition) is 0. The van der Waals surface area contributed by atoms with E-state index in [1.54, 1.807) is 0 Å². The summed E-state index contributed by atoms with van der Waals surface area (Å²) in [6.07, 6.45) is 0. The second-order valence-corrected chi connectivity index (χ2v) is 12.0. The lowest BCUT2D eigenvalue weighted by Gasteiger charge is -2.32. The monoisotopic (exact) mass is 561 g/mol. The fourth-order valence-electron chi connectivity index (χ4n) is 5.33. The van der Waals surface area contributed by atoms with Gasteiger partial charge in [0.2, 0.25) is 0 Å². The van der Waals surface area contributed by atoms with Gasteiger partial charge in [-0.25, -0.2) is 15.0 Å². The molecule has 43 heavy (non-hydrogen) atoms. The number of aromatic nitrogens is 3. The normalized spacial score (nSPS) is 15.6. The Balaban J connectivity index is 1.27. The summed E-state index contributed by atoms with van der Waals surface area (Å²) in [5.74, 6) is 1.84. The molecule has 1 saturated heterocycles. The van der Waals surface area contributed by atoms with Crippen LogP contribution in [0.3, 0.4) is 0 Å². The minimum absolute atomic E-state index is 0.423. The Labute approximate surface area is 252 Å². The first kappa shape index (κ1) is 27.2. The lowest BCUT2D eigenvalue weighted by atomic mass is 9.78. The molecule has 0 atom stereocenters. The van der Waals surface area contributed by atoms with Gasteiger partial charge >= 0.3 is 7.12 Å². The lowest BCUT2D eigenvalue weighted by Crippen LogP contribution is -2.41. The van der Waals surface area contributed by atoms with Gasteiger partial charge in [-0.3, -0.25) is 0 Å². The fourth-order valence-corrected chi connectivity index (χ4v) is 5.33. The van der Waals surface area contributed by atoms with E-state index in [0.717, 1.165) is 27.7 Å². The summed E-state index contributed by atoms with van der Waals surface area (Å²) in [6, 6.07) is 41.5. The molecule has 1 fully saturated rings. The maximum Gasteiger partial charge on any atom is 0.494 e. The van der Waals surface area contributed by atoms with Crippen molar-refractivity contribution in [1.29, 1.82) is 0 Å². The van der Waals surface area contributed by atoms with Crippen molar-refractivity contribution in [3.8, 4) is 45.3 Å². The molecule has 0 bridgehead atoms. The van der Waals surface area contributed by atoms with Crippen LogP contribution >= 0.6 is 0 Å². The standard InChI is InChI=1S/C37H32BN3O2/c1-36(2)37(3,4)43-38(42-36)32-16-10-15-31(24-32)35-40-33(27-12-6-5-7-13-27)39-34(41-35)28-20-17-26(18-21-28)30-22-19-25-11-8-9-14-29(25)23-30/h5-24H,1-4H3. The number of hydrogen-bond acceptors (Lipinski definition) is 5. The van der Waals surface area contributed by atoms with Crippen LogP contribution < -0.4 is 5.46 Å². The smallest absolute Gasteiger partial charge is 0.399 e. The molecule has 2 heterocycles. The van der Waals surface area contributed by atoms with Gasteiger partial charge in [0.25, 0.3) is 0 Å². The molecule has 0 saturated carbocycles. The van der Waals surface area contributed by atoms with Crippen LogP contribution in [0.4, 0.5) is 0 Å². The number of fused-ring (bicyclic) bond motifs is 1. The second-order valence-electron chi connectivity index (χ2n) is 12.0. The molecule has 0 aliphatic carbocycles. The lowest BCUT2D eigenvalue weighted by molar-refractivity contribution is 0.00578. The Morgan fingerprint density at radius 1 is 0.442 bits per heavy atom. The summed E-state index contributed by atoms with van der Waals surface area (Å²) in [6.45, 7) is 8.25. The molecule has 0 amide bonds. The van der Waals surface area contributed by atoms with Gasteiger partial charge in [0.15, 0.2) is 17.5 Å². The van der Waals surface area contributed by atoms with Gasteiger partial charge in [0, 0.05) is 16.7 Å². The van der Waals surface area contributed by atoms with Crippen LogP contribution in [0, 0.1) is 0 Å². The molecule has 5 nitrogen and oxygen atoms in total. The van der Waals surface area contributed by atoms with Crippen molar-refractivity contribution in [3.63, 3.8) is 0 Å². The number of benzene rings is 5. The molecule has 0 spiro atoms. The molecular formula is C37H32BN3O2. The molecule has 1 aromatic heterocycles.